The van der Waals surface area contributed by atoms with Crippen molar-refractivity contribution in [2.45, 2.75) is 64.9 Å². The van der Waals surface area contributed by atoms with Crippen LogP contribution in [0.2, 0.25) is 0 Å². The average Bonchev–Trinajstić information content (AvgIpc) is 3.36. The molecular weight excluding hydrogens is 364 g/mol. The summed E-state index contributed by atoms with van der Waals surface area (Å²) in [5.41, 5.74) is 5.02. The van der Waals surface area contributed by atoms with Gasteiger partial charge in [-0.05, 0) is 79.1 Å². The van der Waals surface area contributed by atoms with Crippen LogP contribution in [-0.2, 0) is 0 Å². The van der Waals surface area contributed by atoms with E-state index in [4.69, 9.17) is 0 Å². The second-order valence-corrected chi connectivity index (χ2v) is 11.0. The number of thiazole rings is 1. The van der Waals surface area contributed by atoms with Gasteiger partial charge in [0.05, 0.1) is 18.0 Å². The topological polar surface area (TPSA) is 37.5 Å². The molecule has 0 aliphatic heterocycles. The van der Waals surface area contributed by atoms with E-state index in [1.165, 1.54) is 37.8 Å². The summed E-state index contributed by atoms with van der Waals surface area (Å²) in [6.45, 7) is 5.05. The van der Waals surface area contributed by atoms with Crippen molar-refractivity contribution in [3.8, 4) is 0 Å². The molecule has 4 heteroatoms. The quantitative estimate of drug-likeness (QED) is 0.629. The van der Waals surface area contributed by atoms with Crippen molar-refractivity contribution in [2.75, 3.05) is 0 Å². The number of aliphatic hydroxyl groups is 1. The van der Waals surface area contributed by atoms with Crippen LogP contribution in [0.3, 0.4) is 0 Å². The van der Waals surface area contributed by atoms with Gasteiger partial charge in [0.1, 0.15) is 0 Å². The first-order valence-electron chi connectivity index (χ1n) is 11.0. The minimum absolute atomic E-state index is 0.112. The Labute approximate surface area is 171 Å². The van der Waals surface area contributed by atoms with Gasteiger partial charge in [0.2, 0.25) is 0 Å². The van der Waals surface area contributed by atoms with Gasteiger partial charge >= 0.3 is 0 Å². The first-order chi connectivity index (χ1) is 13.5. The molecule has 2 fully saturated rings. The third-order valence-corrected chi connectivity index (χ3v) is 9.85. The monoisotopic (exact) mass is 394 g/mol. The van der Waals surface area contributed by atoms with Gasteiger partial charge in [-0.2, -0.15) is 0 Å². The molecule has 0 bridgehead atoms. The second kappa shape index (κ2) is 5.82. The summed E-state index contributed by atoms with van der Waals surface area (Å²) in [5, 5.41) is 12.3. The number of fused-ring (bicyclic) bond motifs is 6. The normalized spacial score (nSPS) is 42.5. The number of aromatic nitrogens is 2. The predicted molar refractivity (Wildman–Crippen MR) is 114 cm³/mol. The van der Waals surface area contributed by atoms with Crippen LogP contribution < -0.4 is 0 Å². The molecule has 28 heavy (non-hydrogen) atoms. The van der Waals surface area contributed by atoms with Crippen molar-refractivity contribution < 1.29 is 5.11 Å². The first kappa shape index (κ1) is 17.5. The van der Waals surface area contributed by atoms with Gasteiger partial charge in [-0.15, -0.1) is 11.3 Å². The zero-order valence-electron chi connectivity index (χ0n) is 16.9. The van der Waals surface area contributed by atoms with Crippen LogP contribution in [-0.4, -0.2) is 20.6 Å². The highest BCUT2D eigenvalue weighted by Crippen LogP contribution is 2.66. The van der Waals surface area contributed by atoms with Crippen molar-refractivity contribution >= 4 is 21.9 Å². The van der Waals surface area contributed by atoms with E-state index in [9.17, 15) is 5.11 Å². The van der Waals surface area contributed by atoms with Crippen molar-refractivity contribution in [1.82, 2.24) is 9.38 Å². The molecule has 4 aliphatic rings. The molecule has 2 saturated carbocycles. The molecule has 0 radical (unpaired) electrons. The van der Waals surface area contributed by atoms with Crippen LogP contribution in [0.25, 0.3) is 10.5 Å². The lowest BCUT2D eigenvalue weighted by Gasteiger charge is -2.57. The lowest BCUT2D eigenvalue weighted by Crippen LogP contribution is -2.49. The summed E-state index contributed by atoms with van der Waals surface area (Å²) in [6.07, 6.45) is 17.3. The van der Waals surface area contributed by atoms with Crippen LogP contribution in [0.15, 0.2) is 35.5 Å². The Morgan fingerprint density at radius 1 is 1.11 bits per heavy atom. The van der Waals surface area contributed by atoms with Crippen LogP contribution >= 0.6 is 11.3 Å². The van der Waals surface area contributed by atoms with Gasteiger partial charge < -0.3 is 5.11 Å². The summed E-state index contributed by atoms with van der Waals surface area (Å²) < 4.78 is 2.29. The molecule has 2 aromatic heterocycles. The fourth-order valence-electron chi connectivity index (χ4n) is 7.53. The van der Waals surface area contributed by atoms with E-state index in [-0.39, 0.29) is 11.5 Å². The maximum absolute atomic E-state index is 10.2. The van der Waals surface area contributed by atoms with Gasteiger partial charge in [-0.1, -0.05) is 31.6 Å². The standard InChI is InChI=1S/C24H30N2OS/c1-23-9-7-16(27)13-15(23)3-4-17-18-5-6-20(24(18,2)10-8-19(17)23)21-14-25-22-26(21)11-12-28-22/h3,6,11-12,14,16-19,27H,4-5,7-10,13H2,1-2H3/t16-,17?,18?,19?,23-,24-/m0/s1. The zero-order chi connectivity index (χ0) is 19.1. The fourth-order valence-corrected chi connectivity index (χ4v) is 8.22. The summed E-state index contributed by atoms with van der Waals surface area (Å²) in [4.78, 5) is 5.76. The van der Waals surface area contributed by atoms with E-state index in [1.807, 2.05) is 0 Å². The van der Waals surface area contributed by atoms with Crippen LogP contribution in [0.5, 0.6) is 0 Å². The third kappa shape index (κ3) is 2.16. The summed E-state index contributed by atoms with van der Waals surface area (Å²) >= 11 is 1.72. The van der Waals surface area contributed by atoms with E-state index in [0.717, 1.165) is 35.6 Å². The lowest BCUT2D eigenvalue weighted by molar-refractivity contribution is -0.0238. The van der Waals surface area contributed by atoms with Gasteiger partial charge in [0, 0.05) is 11.6 Å². The molecule has 0 aromatic carbocycles. The van der Waals surface area contributed by atoms with Gasteiger partial charge in [-0.3, -0.25) is 4.40 Å². The lowest BCUT2D eigenvalue weighted by atomic mass is 9.47. The van der Waals surface area contributed by atoms with E-state index < -0.39 is 0 Å². The molecular formula is C24H30N2OS. The van der Waals surface area contributed by atoms with Crippen LogP contribution in [0.4, 0.5) is 0 Å². The highest BCUT2D eigenvalue weighted by molar-refractivity contribution is 7.15. The van der Waals surface area contributed by atoms with Crippen molar-refractivity contribution in [1.29, 1.82) is 0 Å². The third-order valence-electron chi connectivity index (χ3n) is 9.08. The molecule has 2 heterocycles. The summed E-state index contributed by atoms with van der Waals surface area (Å²) in [6, 6.07) is 0. The zero-order valence-corrected chi connectivity index (χ0v) is 17.7. The van der Waals surface area contributed by atoms with E-state index in [0.29, 0.717) is 5.41 Å². The number of hydrogen-bond donors (Lipinski definition) is 1. The van der Waals surface area contributed by atoms with Crippen molar-refractivity contribution in [3.05, 3.63) is 41.2 Å². The van der Waals surface area contributed by atoms with Crippen molar-refractivity contribution in [2.24, 2.45) is 28.6 Å². The Hall–Kier alpha value is -1.39. The molecule has 0 saturated heterocycles. The smallest absolute Gasteiger partial charge is 0.194 e. The van der Waals surface area contributed by atoms with Gasteiger partial charge in [0.15, 0.2) is 4.96 Å². The second-order valence-electron chi connectivity index (χ2n) is 10.2. The molecule has 6 atom stereocenters. The number of allylic oxidation sites excluding steroid dienone is 3. The first-order valence-corrected chi connectivity index (χ1v) is 11.9. The predicted octanol–water partition coefficient (Wildman–Crippen LogP) is 5.71. The summed E-state index contributed by atoms with van der Waals surface area (Å²) in [7, 11) is 0. The maximum atomic E-state index is 10.2. The minimum Gasteiger partial charge on any atom is -0.393 e. The number of nitrogens with zero attached hydrogens (tertiary/aromatic N) is 2. The Morgan fingerprint density at radius 3 is 2.86 bits per heavy atom. The maximum Gasteiger partial charge on any atom is 0.194 e. The average molecular weight is 395 g/mol. The molecule has 1 N–H and O–H groups in total. The molecule has 3 nitrogen and oxygen atoms in total. The Morgan fingerprint density at radius 2 is 1.96 bits per heavy atom. The number of hydrogen-bond acceptors (Lipinski definition) is 3. The molecule has 2 aromatic rings. The molecule has 3 unspecified atom stereocenters. The number of rotatable bonds is 1. The van der Waals surface area contributed by atoms with Crippen LogP contribution in [0, 0.1) is 28.6 Å². The number of imidazole rings is 1. The fraction of sp³-hybridized carbons (Fsp3) is 0.625. The molecule has 4 aliphatic carbocycles. The SMILES string of the molecule is C[C@]12CC[C@H](O)CC1=CCC1C2CC[C@]2(C)C(c3cnc4sccn34)=CCC12. The molecule has 0 spiro atoms. The van der Waals surface area contributed by atoms with Crippen molar-refractivity contribution in [3.63, 3.8) is 0 Å². The molecule has 0 amide bonds. The summed E-state index contributed by atoms with van der Waals surface area (Å²) in [5.74, 6) is 2.31. The van der Waals surface area contributed by atoms with E-state index >= 15 is 0 Å². The highest BCUT2D eigenvalue weighted by Gasteiger charge is 2.57. The Balaban J connectivity index is 1.36. The number of aliphatic hydroxyl groups excluding tert-OH is 1. The molecule has 148 valence electrons. The minimum atomic E-state index is -0.112. The van der Waals surface area contributed by atoms with Crippen LogP contribution in [0.1, 0.15) is 64.5 Å². The van der Waals surface area contributed by atoms with Gasteiger partial charge in [-0.25, -0.2) is 4.98 Å². The molecule has 6 rings (SSSR count). The Bertz CT molecular complexity index is 999. The van der Waals surface area contributed by atoms with Gasteiger partial charge in [0.25, 0.3) is 0 Å². The highest BCUT2D eigenvalue weighted by atomic mass is 32.1. The Kier molecular flexibility index (Phi) is 3.63. The van der Waals surface area contributed by atoms with E-state index in [2.05, 4.69) is 53.2 Å². The van der Waals surface area contributed by atoms with E-state index in [1.54, 1.807) is 22.5 Å². The largest absolute Gasteiger partial charge is 0.393 e.